The summed E-state index contributed by atoms with van der Waals surface area (Å²) in [6, 6.07) is 4.24. The van der Waals surface area contributed by atoms with E-state index in [4.69, 9.17) is 0 Å². The van der Waals surface area contributed by atoms with Crippen LogP contribution in [0, 0.1) is 0 Å². The lowest BCUT2D eigenvalue weighted by Crippen LogP contribution is -2.33. The van der Waals surface area contributed by atoms with Gasteiger partial charge in [-0.1, -0.05) is 50.2 Å². The molecule has 0 atom stereocenters. The normalized spacial score (nSPS) is 13.7. The molecule has 66 valence electrons. The third kappa shape index (κ3) is 2.19. The summed E-state index contributed by atoms with van der Waals surface area (Å²) in [5.41, 5.74) is 0. The largest absolute Gasteiger partial charge is 0.0925 e. The first kappa shape index (κ1) is 11.0. The van der Waals surface area contributed by atoms with Gasteiger partial charge in [0, 0.05) is 0 Å². The van der Waals surface area contributed by atoms with Crippen LogP contribution in [-0.2, 0) is 0 Å². The van der Waals surface area contributed by atoms with E-state index in [0.29, 0.717) is 0 Å². The Morgan fingerprint density at radius 2 is 1.45 bits per heavy atom. The van der Waals surface area contributed by atoms with Crippen molar-refractivity contribution in [3.05, 3.63) is 11.3 Å². The molecular weight excluding hydrogens is 148 g/mol. The molecule has 0 aromatic carbocycles. The molecule has 0 N–H and O–H groups in total. The van der Waals surface area contributed by atoms with Crippen molar-refractivity contribution in [3.63, 3.8) is 0 Å². The molecule has 0 saturated heterocycles. The minimum atomic E-state index is -0.960. The lowest BCUT2D eigenvalue weighted by atomic mass is 10.6. The van der Waals surface area contributed by atoms with Crippen molar-refractivity contribution >= 4 is 8.07 Å². The maximum absolute atomic E-state index is 2.35. The molecule has 0 spiro atoms. The van der Waals surface area contributed by atoms with Crippen LogP contribution in [0.1, 0.15) is 34.6 Å². The van der Waals surface area contributed by atoms with Crippen LogP contribution < -0.4 is 0 Å². The maximum Gasteiger partial charge on any atom is 0.0799 e. The highest BCUT2D eigenvalue weighted by Crippen LogP contribution is 2.27. The molecule has 0 amide bonds. The molecule has 11 heavy (non-hydrogen) atoms. The highest BCUT2D eigenvalue weighted by Gasteiger charge is 2.27. The van der Waals surface area contributed by atoms with Crippen LogP contribution in [0.2, 0.25) is 18.1 Å². The average molecular weight is 170 g/mol. The highest BCUT2D eigenvalue weighted by molar-refractivity contribution is 6.86. The Bertz CT molecular complexity index is 124. The molecule has 0 radical (unpaired) electrons. The van der Waals surface area contributed by atoms with Crippen molar-refractivity contribution in [2.24, 2.45) is 0 Å². The minimum Gasteiger partial charge on any atom is -0.0925 e. The van der Waals surface area contributed by atoms with E-state index >= 15 is 0 Å². The van der Waals surface area contributed by atoms with E-state index in [1.54, 1.807) is 5.20 Å². The van der Waals surface area contributed by atoms with Gasteiger partial charge in [0.2, 0.25) is 0 Å². The number of rotatable bonds is 4. The molecule has 0 aliphatic heterocycles. The summed E-state index contributed by atoms with van der Waals surface area (Å²) in [5, 5.41) is 1.70. The maximum atomic E-state index is 2.35. The zero-order chi connectivity index (χ0) is 8.91. The lowest BCUT2D eigenvalue weighted by Gasteiger charge is -2.29. The van der Waals surface area contributed by atoms with Crippen LogP contribution in [-0.4, -0.2) is 8.07 Å². The second-order valence-electron chi connectivity index (χ2n) is 3.31. The van der Waals surface area contributed by atoms with Gasteiger partial charge in [-0.3, -0.25) is 0 Å². The first-order chi connectivity index (χ1) is 5.16. The Morgan fingerprint density at radius 1 is 1.09 bits per heavy atom. The van der Waals surface area contributed by atoms with Gasteiger partial charge in [0.05, 0.1) is 8.07 Å². The summed E-state index contributed by atoms with van der Waals surface area (Å²) in [7, 11) is -0.960. The van der Waals surface area contributed by atoms with Crippen molar-refractivity contribution in [1.82, 2.24) is 0 Å². The van der Waals surface area contributed by atoms with Gasteiger partial charge in [-0.15, -0.1) is 0 Å². The molecule has 0 fully saturated rings. The van der Waals surface area contributed by atoms with Crippen LogP contribution in [0.25, 0.3) is 0 Å². The van der Waals surface area contributed by atoms with Gasteiger partial charge < -0.3 is 0 Å². The Kier molecular flexibility index (Phi) is 4.74. The monoisotopic (exact) mass is 170 g/mol. The number of hydrogen-bond donors (Lipinski definition) is 0. The minimum absolute atomic E-state index is 0.960. The number of hydrogen-bond acceptors (Lipinski definition) is 0. The first-order valence-electron chi connectivity index (χ1n) is 4.80. The van der Waals surface area contributed by atoms with Gasteiger partial charge in [0.1, 0.15) is 0 Å². The van der Waals surface area contributed by atoms with Gasteiger partial charge >= 0.3 is 0 Å². The van der Waals surface area contributed by atoms with Crippen LogP contribution in [0.15, 0.2) is 11.3 Å². The predicted molar refractivity (Wildman–Crippen MR) is 56.6 cm³/mol. The van der Waals surface area contributed by atoms with Crippen LogP contribution >= 0.6 is 0 Å². The molecule has 0 bridgehead atoms. The Balaban J connectivity index is 4.54. The molecule has 0 aliphatic rings. The zero-order valence-electron chi connectivity index (χ0n) is 8.70. The molecule has 0 aromatic heterocycles. The molecule has 0 saturated carbocycles. The number of allylic oxidation sites excluding steroid dienone is 2. The third-order valence-corrected chi connectivity index (χ3v) is 9.32. The molecule has 0 aromatic rings. The van der Waals surface area contributed by atoms with Gasteiger partial charge in [-0.25, -0.2) is 0 Å². The van der Waals surface area contributed by atoms with Crippen LogP contribution in [0.4, 0.5) is 0 Å². The van der Waals surface area contributed by atoms with Gasteiger partial charge in [-0.05, 0) is 13.8 Å². The molecule has 0 heterocycles. The topological polar surface area (TPSA) is 0 Å². The molecule has 0 unspecified atom stereocenters. The van der Waals surface area contributed by atoms with E-state index in [0.717, 1.165) is 0 Å². The highest BCUT2D eigenvalue weighted by atomic mass is 28.3. The van der Waals surface area contributed by atoms with Gasteiger partial charge in [0.15, 0.2) is 0 Å². The smallest absolute Gasteiger partial charge is 0.0799 e. The second-order valence-corrected chi connectivity index (χ2v) is 8.78. The van der Waals surface area contributed by atoms with E-state index in [9.17, 15) is 0 Å². The summed E-state index contributed by atoms with van der Waals surface area (Å²) in [5.74, 6) is 0. The summed E-state index contributed by atoms with van der Waals surface area (Å²) in [4.78, 5) is 0. The van der Waals surface area contributed by atoms with Crippen molar-refractivity contribution in [2.75, 3.05) is 0 Å². The molecule has 1 heteroatoms. The fourth-order valence-electron chi connectivity index (χ4n) is 1.89. The molecule has 0 nitrogen and oxygen atoms in total. The van der Waals surface area contributed by atoms with E-state index in [1.165, 1.54) is 18.1 Å². The van der Waals surface area contributed by atoms with Crippen LogP contribution in [0.5, 0.6) is 0 Å². The summed E-state index contributed by atoms with van der Waals surface area (Å²) < 4.78 is 0. The fourth-order valence-corrected chi connectivity index (χ4v) is 5.68. The standard InChI is InChI=1S/C10H22Si/c1-6-10(5)11(7-2,8-3)9-4/h6H,7-9H2,1-5H3/b10-6+. The van der Waals surface area contributed by atoms with Crippen molar-refractivity contribution < 1.29 is 0 Å². The summed E-state index contributed by atoms with van der Waals surface area (Å²) in [6.45, 7) is 11.6. The molecule has 0 aliphatic carbocycles. The lowest BCUT2D eigenvalue weighted by molar-refractivity contribution is 1.16. The van der Waals surface area contributed by atoms with Gasteiger partial charge in [-0.2, -0.15) is 0 Å². The zero-order valence-corrected chi connectivity index (χ0v) is 9.70. The molecular formula is C10H22Si. The SMILES string of the molecule is C/C=C(\C)[Si](CC)(CC)CC. The van der Waals surface area contributed by atoms with E-state index in [1.807, 2.05) is 0 Å². The summed E-state index contributed by atoms with van der Waals surface area (Å²) >= 11 is 0. The Labute approximate surface area is 72.7 Å². The Morgan fingerprint density at radius 3 is 1.55 bits per heavy atom. The first-order valence-corrected chi connectivity index (χ1v) is 7.42. The quantitative estimate of drug-likeness (QED) is 0.559. The van der Waals surface area contributed by atoms with E-state index in [-0.39, 0.29) is 0 Å². The predicted octanol–water partition coefficient (Wildman–Crippen LogP) is 4.00. The van der Waals surface area contributed by atoms with Gasteiger partial charge in [0.25, 0.3) is 0 Å². The Hall–Kier alpha value is -0.0431. The van der Waals surface area contributed by atoms with Crippen molar-refractivity contribution in [2.45, 2.75) is 52.8 Å². The summed E-state index contributed by atoms with van der Waals surface area (Å²) in [6.07, 6.45) is 2.32. The van der Waals surface area contributed by atoms with E-state index < -0.39 is 8.07 Å². The van der Waals surface area contributed by atoms with Crippen LogP contribution in [0.3, 0.4) is 0 Å². The van der Waals surface area contributed by atoms with Crippen molar-refractivity contribution in [3.8, 4) is 0 Å². The second kappa shape index (κ2) is 4.76. The third-order valence-electron chi connectivity index (χ3n) is 3.30. The van der Waals surface area contributed by atoms with E-state index in [2.05, 4.69) is 40.7 Å². The average Bonchev–Trinajstić information content (AvgIpc) is 2.08. The fraction of sp³-hybridized carbons (Fsp3) is 0.800. The van der Waals surface area contributed by atoms with Crippen molar-refractivity contribution in [1.29, 1.82) is 0 Å². The molecule has 0 rings (SSSR count).